The third-order valence-corrected chi connectivity index (χ3v) is 5.06. The fraction of sp³-hybridized carbons (Fsp3) is 0.200. The summed E-state index contributed by atoms with van der Waals surface area (Å²) in [6.45, 7) is 0. The minimum absolute atomic E-state index is 0.247. The maximum Gasteiger partial charge on any atom is 0.259 e. The number of hydrogen-bond acceptors (Lipinski definition) is 4. The fourth-order valence-electron chi connectivity index (χ4n) is 2.56. The van der Waals surface area contributed by atoms with Crippen molar-refractivity contribution in [2.45, 2.75) is 19.3 Å². The molecule has 1 aromatic carbocycles. The van der Waals surface area contributed by atoms with E-state index >= 15 is 0 Å². The molecule has 1 heterocycles. The number of nitrogens with two attached hydrogens (primary N) is 1. The number of nitriles is 1. The lowest BCUT2D eigenvalue weighted by Gasteiger charge is -2.08. The van der Waals surface area contributed by atoms with E-state index in [1.807, 2.05) is 0 Å². The first-order valence-corrected chi connectivity index (χ1v) is 7.71. The first-order valence-electron chi connectivity index (χ1n) is 6.51. The van der Waals surface area contributed by atoms with Gasteiger partial charge in [-0.1, -0.05) is 17.7 Å². The molecule has 1 aliphatic rings. The van der Waals surface area contributed by atoms with E-state index in [1.165, 1.54) is 16.2 Å². The summed E-state index contributed by atoms with van der Waals surface area (Å²) in [6.07, 6.45) is 2.94. The molecule has 21 heavy (non-hydrogen) atoms. The molecule has 3 N–H and O–H groups in total. The molecule has 1 amide bonds. The first kappa shape index (κ1) is 13.9. The molecule has 1 aromatic heterocycles. The van der Waals surface area contributed by atoms with Crippen LogP contribution in [0.2, 0.25) is 5.02 Å². The maximum absolute atomic E-state index is 12.4. The fourth-order valence-corrected chi connectivity index (χ4v) is 4.06. The van der Waals surface area contributed by atoms with Gasteiger partial charge in [0.2, 0.25) is 0 Å². The molecule has 0 radical (unpaired) electrons. The lowest BCUT2D eigenvalue weighted by atomic mass is 10.1. The Morgan fingerprint density at radius 1 is 1.43 bits per heavy atom. The number of fused-ring (bicyclic) bond motifs is 1. The summed E-state index contributed by atoms with van der Waals surface area (Å²) >= 11 is 7.51. The summed E-state index contributed by atoms with van der Waals surface area (Å²) in [4.78, 5) is 13.6. The van der Waals surface area contributed by atoms with Crippen LogP contribution < -0.4 is 11.1 Å². The number of aryl methyl sites for hydroxylation is 1. The van der Waals surface area contributed by atoms with Crippen LogP contribution in [0.3, 0.4) is 0 Å². The Balaban J connectivity index is 1.95. The second-order valence-corrected chi connectivity index (χ2v) is 6.34. The van der Waals surface area contributed by atoms with Crippen molar-refractivity contribution in [1.82, 2.24) is 0 Å². The van der Waals surface area contributed by atoms with E-state index in [0.717, 1.165) is 24.8 Å². The van der Waals surface area contributed by atoms with Crippen LogP contribution in [0, 0.1) is 11.3 Å². The lowest BCUT2D eigenvalue weighted by Crippen LogP contribution is -2.14. The second kappa shape index (κ2) is 5.40. The van der Waals surface area contributed by atoms with Crippen LogP contribution in [0.4, 0.5) is 10.7 Å². The Labute approximate surface area is 131 Å². The number of carbonyl (C=O) groups is 1. The normalized spacial score (nSPS) is 12.8. The van der Waals surface area contributed by atoms with Crippen molar-refractivity contribution in [3.05, 3.63) is 44.8 Å². The topological polar surface area (TPSA) is 78.9 Å². The molecular formula is C15H12ClN3OS. The minimum atomic E-state index is -0.380. The number of carbonyl (C=O) groups excluding carboxylic acids is 1. The summed E-state index contributed by atoms with van der Waals surface area (Å²) in [6, 6.07) is 7.13. The van der Waals surface area contributed by atoms with E-state index in [9.17, 15) is 10.1 Å². The van der Waals surface area contributed by atoms with Crippen LogP contribution in [0.15, 0.2) is 18.2 Å². The number of benzene rings is 1. The Morgan fingerprint density at radius 3 is 2.95 bits per heavy atom. The Hall–Kier alpha value is -2.03. The molecule has 0 fully saturated rings. The Morgan fingerprint density at radius 2 is 2.24 bits per heavy atom. The average molecular weight is 318 g/mol. The SMILES string of the molecule is N#Cc1c(NC(=O)c2c(N)cccc2Cl)sc2c1CCC2. The third kappa shape index (κ3) is 2.37. The van der Waals surface area contributed by atoms with Crippen LogP contribution in [0.5, 0.6) is 0 Å². The molecule has 0 unspecified atom stereocenters. The van der Waals surface area contributed by atoms with Gasteiger partial charge in [-0.05, 0) is 37.0 Å². The average Bonchev–Trinajstić information content (AvgIpc) is 2.98. The van der Waals surface area contributed by atoms with Crippen LogP contribution in [-0.4, -0.2) is 5.91 Å². The molecular weight excluding hydrogens is 306 g/mol. The predicted molar refractivity (Wildman–Crippen MR) is 84.9 cm³/mol. The number of thiophene rings is 1. The van der Waals surface area contributed by atoms with E-state index in [2.05, 4.69) is 11.4 Å². The number of hydrogen-bond donors (Lipinski definition) is 2. The summed E-state index contributed by atoms with van der Waals surface area (Å²) in [5.74, 6) is -0.380. The van der Waals surface area contributed by atoms with E-state index in [4.69, 9.17) is 17.3 Å². The Bertz CT molecular complexity index is 756. The van der Waals surface area contributed by atoms with Gasteiger partial charge in [0.1, 0.15) is 11.1 Å². The molecule has 0 saturated carbocycles. The van der Waals surface area contributed by atoms with Gasteiger partial charge in [-0.2, -0.15) is 5.26 Å². The molecule has 0 atom stereocenters. The number of amides is 1. The van der Waals surface area contributed by atoms with Gasteiger partial charge in [-0.15, -0.1) is 11.3 Å². The predicted octanol–water partition coefficient (Wildman–Crippen LogP) is 3.60. The van der Waals surface area contributed by atoms with Crippen LogP contribution in [0.25, 0.3) is 0 Å². The standard InChI is InChI=1S/C15H12ClN3OS/c16-10-4-2-5-11(18)13(10)14(20)19-15-9(7-17)8-3-1-6-12(8)21-15/h2,4-5H,1,3,6,18H2,(H,19,20). The molecule has 0 spiro atoms. The van der Waals surface area contributed by atoms with Crippen molar-refractivity contribution in [2.24, 2.45) is 0 Å². The van der Waals surface area contributed by atoms with E-state index in [0.29, 0.717) is 21.3 Å². The van der Waals surface area contributed by atoms with E-state index in [-0.39, 0.29) is 11.5 Å². The number of nitrogens with zero attached hydrogens (tertiary/aromatic N) is 1. The number of nitrogens with one attached hydrogen (secondary N) is 1. The van der Waals surface area contributed by atoms with Gasteiger partial charge in [0.05, 0.1) is 16.1 Å². The number of anilines is 2. The van der Waals surface area contributed by atoms with Gasteiger partial charge < -0.3 is 11.1 Å². The minimum Gasteiger partial charge on any atom is -0.398 e. The second-order valence-electron chi connectivity index (χ2n) is 4.83. The molecule has 2 aromatic rings. The Kier molecular flexibility index (Phi) is 3.58. The smallest absolute Gasteiger partial charge is 0.259 e. The maximum atomic E-state index is 12.4. The van der Waals surface area contributed by atoms with Crippen molar-refractivity contribution in [2.75, 3.05) is 11.1 Å². The molecule has 0 saturated heterocycles. The molecule has 4 nitrogen and oxygen atoms in total. The third-order valence-electron chi connectivity index (χ3n) is 3.53. The highest BCUT2D eigenvalue weighted by Gasteiger charge is 2.24. The van der Waals surface area contributed by atoms with Crippen LogP contribution in [-0.2, 0) is 12.8 Å². The van der Waals surface area contributed by atoms with Gasteiger partial charge in [-0.3, -0.25) is 4.79 Å². The highest BCUT2D eigenvalue weighted by atomic mass is 35.5. The van der Waals surface area contributed by atoms with Crippen molar-refractivity contribution in [3.8, 4) is 6.07 Å². The van der Waals surface area contributed by atoms with Crippen LogP contribution in [0.1, 0.15) is 32.8 Å². The zero-order valence-corrected chi connectivity index (χ0v) is 12.6. The van der Waals surface area contributed by atoms with Crippen molar-refractivity contribution < 1.29 is 4.79 Å². The van der Waals surface area contributed by atoms with E-state index < -0.39 is 0 Å². The summed E-state index contributed by atoms with van der Waals surface area (Å²) in [7, 11) is 0. The molecule has 0 bridgehead atoms. The van der Waals surface area contributed by atoms with E-state index in [1.54, 1.807) is 18.2 Å². The highest BCUT2D eigenvalue weighted by molar-refractivity contribution is 7.16. The number of halogens is 1. The monoisotopic (exact) mass is 317 g/mol. The quantitative estimate of drug-likeness (QED) is 0.831. The van der Waals surface area contributed by atoms with Crippen LogP contribution >= 0.6 is 22.9 Å². The van der Waals surface area contributed by atoms with Gasteiger partial charge >= 0.3 is 0 Å². The van der Waals surface area contributed by atoms with Gasteiger partial charge in [0, 0.05) is 10.6 Å². The van der Waals surface area contributed by atoms with Gasteiger partial charge in [0.15, 0.2) is 0 Å². The molecule has 0 aliphatic heterocycles. The van der Waals surface area contributed by atoms with Crippen molar-refractivity contribution in [1.29, 1.82) is 5.26 Å². The van der Waals surface area contributed by atoms with Crippen molar-refractivity contribution in [3.63, 3.8) is 0 Å². The van der Waals surface area contributed by atoms with Gasteiger partial charge in [-0.25, -0.2) is 0 Å². The number of rotatable bonds is 2. The summed E-state index contributed by atoms with van der Waals surface area (Å²) in [5, 5.41) is 13.0. The summed E-state index contributed by atoms with van der Waals surface area (Å²) in [5.41, 5.74) is 8.03. The van der Waals surface area contributed by atoms with Gasteiger partial charge in [0.25, 0.3) is 5.91 Å². The number of nitrogen functional groups attached to an aromatic ring is 1. The molecule has 1 aliphatic carbocycles. The summed E-state index contributed by atoms with van der Waals surface area (Å²) < 4.78 is 0. The zero-order valence-electron chi connectivity index (χ0n) is 11.1. The molecule has 3 rings (SSSR count). The lowest BCUT2D eigenvalue weighted by molar-refractivity contribution is 0.102. The molecule has 106 valence electrons. The zero-order chi connectivity index (χ0) is 15.0. The largest absolute Gasteiger partial charge is 0.398 e. The highest BCUT2D eigenvalue weighted by Crippen LogP contribution is 2.39. The first-order chi connectivity index (χ1) is 10.1. The van der Waals surface area contributed by atoms with Crippen molar-refractivity contribution >= 4 is 39.5 Å². The molecule has 6 heteroatoms.